The number of nitrogens with zero attached hydrogens (tertiary/aromatic N) is 2. The summed E-state index contributed by atoms with van der Waals surface area (Å²) in [5, 5.41) is 3.59. The minimum atomic E-state index is 0.417. The van der Waals surface area contributed by atoms with Gasteiger partial charge in [-0.05, 0) is 24.9 Å². The molecular weight excluding hydrogens is 210 g/mol. The molecule has 1 saturated heterocycles. The molecule has 1 fully saturated rings. The van der Waals surface area contributed by atoms with Crippen molar-refractivity contribution in [2.24, 2.45) is 11.3 Å². The first-order valence-corrected chi connectivity index (χ1v) is 7.01. The van der Waals surface area contributed by atoms with E-state index in [4.69, 9.17) is 0 Å². The fourth-order valence-corrected chi connectivity index (χ4v) is 1.93. The molecule has 0 saturated carbocycles. The van der Waals surface area contributed by atoms with Gasteiger partial charge in [-0.3, -0.25) is 4.90 Å². The highest BCUT2D eigenvalue weighted by Crippen LogP contribution is 2.24. The number of piperazine rings is 1. The van der Waals surface area contributed by atoms with Crippen molar-refractivity contribution >= 4 is 0 Å². The highest BCUT2D eigenvalue weighted by Gasteiger charge is 2.19. The number of hydrogen-bond acceptors (Lipinski definition) is 3. The molecule has 1 aliphatic heterocycles. The van der Waals surface area contributed by atoms with E-state index in [0.717, 1.165) is 19.0 Å². The topological polar surface area (TPSA) is 18.5 Å². The first kappa shape index (κ1) is 14.9. The third-order valence-electron chi connectivity index (χ3n) is 4.13. The smallest absolute Gasteiger partial charge is 0.0110 e. The van der Waals surface area contributed by atoms with Crippen LogP contribution < -0.4 is 5.32 Å². The number of hydrogen-bond donors (Lipinski definition) is 1. The number of rotatable bonds is 5. The molecule has 0 aromatic heterocycles. The highest BCUT2D eigenvalue weighted by atomic mass is 15.2. The van der Waals surface area contributed by atoms with E-state index in [1.807, 2.05) is 0 Å². The SMILES string of the molecule is CC(CNCCN1CCN(C)CC1)C(C)(C)C. The van der Waals surface area contributed by atoms with E-state index < -0.39 is 0 Å². The van der Waals surface area contributed by atoms with Gasteiger partial charge in [0.05, 0.1) is 0 Å². The summed E-state index contributed by atoms with van der Waals surface area (Å²) >= 11 is 0. The van der Waals surface area contributed by atoms with Crippen molar-refractivity contribution in [3.05, 3.63) is 0 Å². The summed E-state index contributed by atoms with van der Waals surface area (Å²) in [4.78, 5) is 4.97. The normalized spacial score (nSPS) is 21.7. The summed E-state index contributed by atoms with van der Waals surface area (Å²) in [5.74, 6) is 0.731. The van der Waals surface area contributed by atoms with Gasteiger partial charge in [0, 0.05) is 39.3 Å². The summed E-state index contributed by atoms with van der Waals surface area (Å²) in [7, 11) is 2.21. The van der Waals surface area contributed by atoms with E-state index in [1.54, 1.807) is 0 Å². The van der Waals surface area contributed by atoms with Gasteiger partial charge < -0.3 is 10.2 Å². The Kier molecular flexibility index (Phi) is 5.90. The van der Waals surface area contributed by atoms with Crippen LogP contribution in [0.5, 0.6) is 0 Å². The molecule has 0 amide bonds. The molecule has 0 bridgehead atoms. The molecule has 1 heterocycles. The minimum Gasteiger partial charge on any atom is -0.315 e. The van der Waals surface area contributed by atoms with Crippen molar-refractivity contribution in [1.82, 2.24) is 15.1 Å². The highest BCUT2D eigenvalue weighted by molar-refractivity contribution is 4.73. The zero-order valence-corrected chi connectivity index (χ0v) is 12.4. The lowest BCUT2D eigenvalue weighted by Gasteiger charge is -2.33. The monoisotopic (exact) mass is 241 g/mol. The lowest BCUT2D eigenvalue weighted by Crippen LogP contribution is -2.46. The predicted octanol–water partition coefficient (Wildman–Crippen LogP) is 1.51. The van der Waals surface area contributed by atoms with Crippen LogP contribution in [-0.2, 0) is 0 Å². The molecule has 17 heavy (non-hydrogen) atoms. The van der Waals surface area contributed by atoms with E-state index in [2.05, 4.69) is 49.9 Å². The van der Waals surface area contributed by atoms with E-state index in [0.29, 0.717) is 5.41 Å². The minimum absolute atomic E-state index is 0.417. The van der Waals surface area contributed by atoms with Gasteiger partial charge >= 0.3 is 0 Å². The lowest BCUT2D eigenvalue weighted by molar-refractivity contribution is 0.153. The molecule has 0 aromatic carbocycles. The van der Waals surface area contributed by atoms with E-state index >= 15 is 0 Å². The molecule has 3 heteroatoms. The molecule has 0 aromatic rings. The Hall–Kier alpha value is -0.120. The van der Waals surface area contributed by atoms with Gasteiger partial charge in [-0.1, -0.05) is 27.7 Å². The summed E-state index contributed by atoms with van der Waals surface area (Å²) < 4.78 is 0. The zero-order chi connectivity index (χ0) is 12.9. The zero-order valence-electron chi connectivity index (χ0n) is 12.4. The van der Waals surface area contributed by atoms with Crippen LogP contribution in [0.3, 0.4) is 0 Å². The van der Waals surface area contributed by atoms with Crippen LogP contribution in [0.1, 0.15) is 27.7 Å². The van der Waals surface area contributed by atoms with Crippen molar-refractivity contribution in [2.75, 3.05) is 52.9 Å². The second kappa shape index (κ2) is 6.72. The van der Waals surface area contributed by atoms with Crippen LogP contribution in [0.25, 0.3) is 0 Å². The maximum absolute atomic E-state index is 3.59. The fourth-order valence-electron chi connectivity index (χ4n) is 1.93. The van der Waals surface area contributed by atoms with Gasteiger partial charge in [-0.25, -0.2) is 0 Å². The average Bonchev–Trinajstić information content (AvgIpc) is 2.25. The van der Waals surface area contributed by atoms with Crippen LogP contribution in [-0.4, -0.2) is 62.7 Å². The average molecular weight is 241 g/mol. The molecule has 1 aliphatic rings. The standard InChI is InChI=1S/C14H31N3/c1-13(14(2,3)4)12-15-6-7-17-10-8-16(5)9-11-17/h13,15H,6-12H2,1-5H3. The van der Waals surface area contributed by atoms with Crippen LogP contribution in [0.4, 0.5) is 0 Å². The van der Waals surface area contributed by atoms with Crippen LogP contribution >= 0.6 is 0 Å². The summed E-state index contributed by atoms with van der Waals surface area (Å²) in [5.41, 5.74) is 0.417. The van der Waals surface area contributed by atoms with Crippen molar-refractivity contribution in [3.63, 3.8) is 0 Å². The summed E-state index contributed by atoms with van der Waals surface area (Å²) in [6, 6.07) is 0. The van der Waals surface area contributed by atoms with Crippen LogP contribution in [0.15, 0.2) is 0 Å². The Balaban J connectivity index is 2.04. The van der Waals surface area contributed by atoms with Gasteiger partial charge in [0.1, 0.15) is 0 Å². The maximum atomic E-state index is 3.59. The molecule has 1 N–H and O–H groups in total. The van der Waals surface area contributed by atoms with Crippen molar-refractivity contribution in [2.45, 2.75) is 27.7 Å². The van der Waals surface area contributed by atoms with Gasteiger partial charge in [0.2, 0.25) is 0 Å². The van der Waals surface area contributed by atoms with E-state index in [-0.39, 0.29) is 0 Å². The molecule has 0 radical (unpaired) electrons. The second-order valence-electron chi connectivity index (χ2n) is 6.62. The molecule has 102 valence electrons. The third kappa shape index (κ3) is 5.84. The Morgan fingerprint density at radius 1 is 1.12 bits per heavy atom. The van der Waals surface area contributed by atoms with Gasteiger partial charge in [0.15, 0.2) is 0 Å². The molecule has 1 atom stereocenters. The first-order chi connectivity index (χ1) is 7.89. The Bertz CT molecular complexity index is 202. The molecule has 1 unspecified atom stereocenters. The van der Waals surface area contributed by atoms with Crippen molar-refractivity contribution in [1.29, 1.82) is 0 Å². The Morgan fingerprint density at radius 3 is 2.24 bits per heavy atom. The fraction of sp³-hybridized carbons (Fsp3) is 1.00. The molecular formula is C14H31N3. The summed E-state index contributed by atoms with van der Waals surface area (Å²) in [6.07, 6.45) is 0. The molecule has 3 nitrogen and oxygen atoms in total. The van der Waals surface area contributed by atoms with E-state index in [9.17, 15) is 0 Å². The quantitative estimate of drug-likeness (QED) is 0.736. The van der Waals surface area contributed by atoms with Crippen molar-refractivity contribution in [3.8, 4) is 0 Å². The van der Waals surface area contributed by atoms with Crippen LogP contribution in [0.2, 0.25) is 0 Å². The van der Waals surface area contributed by atoms with E-state index in [1.165, 1.54) is 32.7 Å². The third-order valence-corrected chi connectivity index (χ3v) is 4.13. The van der Waals surface area contributed by atoms with Gasteiger partial charge in [-0.2, -0.15) is 0 Å². The van der Waals surface area contributed by atoms with Crippen molar-refractivity contribution < 1.29 is 0 Å². The lowest BCUT2D eigenvalue weighted by atomic mass is 9.82. The second-order valence-corrected chi connectivity index (χ2v) is 6.62. The number of likely N-dealkylation sites (N-methyl/N-ethyl adjacent to an activating group) is 1. The van der Waals surface area contributed by atoms with Gasteiger partial charge in [0.25, 0.3) is 0 Å². The largest absolute Gasteiger partial charge is 0.315 e. The summed E-state index contributed by atoms with van der Waals surface area (Å²) in [6.45, 7) is 17.7. The molecule has 0 aliphatic carbocycles. The molecule has 0 spiro atoms. The predicted molar refractivity (Wildman–Crippen MR) is 75.4 cm³/mol. The Morgan fingerprint density at radius 2 is 1.71 bits per heavy atom. The van der Waals surface area contributed by atoms with Crippen LogP contribution in [0, 0.1) is 11.3 Å². The molecule has 1 rings (SSSR count). The maximum Gasteiger partial charge on any atom is 0.0110 e. The Labute approximate surface area is 108 Å². The number of nitrogens with one attached hydrogen (secondary N) is 1. The first-order valence-electron chi connectivity index (χ1n) is 7.01. The van der Waals surface area contributed by atoms with Gasteiger partial charge in [-0.15, -0.1) is 0 Å².